The van der Waals surface area contributed by atoms with Crippen molar-refractivity contribution < 1.29 is 9.53 Å². The average Bonchev–Trinajstić information content (AvgIpc) is 2.62. The number of benzene rings is 1. The van der Waals surface area contributed by atoms with Crippen molar-refractivity contribution >= 4 is 39.2 Å². The minimum absolute atomic E-state index is 0.201. The van der Waals surface area contributed by atoms with E-state index in [-0.39, 0.29) is 12.0 Å². The van der Waals surface area contributed by atoms with Crippen molar-refractivity contribution in [2.24, 2.45) is 0 Å². The van der Waals surface area contributed by atoms with Crippen LogP contribution in [-0.2, 0) is 9.53 Å². The van der Waals surface area contributed by atoms with Crippen molar-refractivity contribution in [2.45, 2.75) is 18.9 Å². The molecule has 1 fully saturated rings. The van der Waals surface area contributed by atoms with Crippen LogP contribution in [0.1, 0.15) is 12.8 Å². The lowest BCUT2D eigenvalue weighted by atomic mass is 10.1. The predicted octanol–water partition coefficient (Wildman–Crippen LogP) is 3.03. The average molecular weight is 420 g/mol. The molecule has 3 rings (SSSR count). The molecule has 0 aliphatic carbocycles. The molecule has 1 atom stereocenters. The summed E-state index contributed by atoms with van der Waals surface area (Å²) in [4.78, 5) is 22.2. The summed E-state index contributed by atoms with van der Waals surface area (Å²) >= 11 is 3.46. The van der Waals surface area contributed by atoms with E-state index in [2.05, 4.69) is 41.4 Å². The fourth-order valence-corrected chi connectivity index (χ4v) is 3.39. The number of piperidine rings is 1. The van der Waals surface area contributed by atoms with Gasteiger partial charge in [-0.2, -0.15) is 0 Å². The summed E-state index contributed by atoms with van der Waals surface area (Å²) < 4.78 is 5.76. The number of likely N-dealkylation sites (tertiary alicyclic amines) is 1. The van der Waals surface area contributed by atoms with Gasteiger partial charge in [-0.1, -0.05) is 22.0 Å². The molecule has 8 heteroatoms. The van der Waals surface area contributed by atoms with Crippen LogP contribution in [0.25, 0.3) is 0 Å². The van der Waals surface area contributed by atoms with Gasteiger partial charge < -0.3 is 15.4 Å². The molecule has 0 radical (unpaired) electrons. The first-order valence-corrected chi connectivity index (χ1v) is 9.32. The van der Waals surface area contributed by atoms with Gasteiger partial charge in [0, 0.05) is 28.8 Å². The zero-order valence-corrected chi connectivity index (χ0v) is 16.2. The summed E-state index contributed by atoms with van der Waals surface area (Å²) in [5, 5.41) is 6.72. The van der Waals surface area contributed by atoms with Gasteiger partial charge in [-0.3, -0.25) is 9.69 Å². The molecule has 0 saturated carbocycles. The fourth-order valence-electron chi connectivity index (χ4n) is 2.99. The number of hydrogen-bond donors (Lipinski definition) is 2. The Kier molecular flexibility index (Phi) is 6.40. The van der Waals surface area contributed by atoms with Gasteiger partial charge in [0.2, 0.25) is 0 Å². The second-order valence-corrected chi connectivity index (χ2v) is 7.13. The van der Waals surface area contributed by atoms with Crippen LogP contribution in [-0.4, -0.2) is 53.6 Å². The minimum Gasteiger partial charge on any atom is -0.468 e. The number of nitrogens with one attached hydrogen (secondary N) is 2. The molecule has 138 valence electrons. The number of esters is 1. The van der Waals surface area contributed by atoms with Crippen molar-refractivity contribution in [2.75, 3.05) is 37.4 Å². The van der Waals surface area contributed by atoms with Gasteiger partial charge in [-0.05, 0) is 37.6 Å². The number of hydrogen-bond acceptors (Lipinski definition) is 7. The Hall–Kier alpha value is -2.19. The number of ether oxygens (including phenoxy) is 1. The molecule has 1 aromatic carbocycles. The van der Waals surface area contributed by atoms with E-state index in [4.69, 9.17) is 4.74 Å². The quantitative estimate of drug-likeness (QED) is 0.696. The summed E-state index contributed by atoms with van der Waals surface area (Å²) in [6.07, 6.45) is 3.61. The Labute approximate surface area is 161 Å². The first-order valence-electron chi connectivity index (χ1n) is 8.53. The van der Waals surface area contributed by atoms with E-state index in [0.717, 1.165) is 47.7 Å². The highest BCUT2D eigenvalue weighted by molar-refractivity contribution is 9.10. The Morgan fingerprint density at radius 1 is 1.35 bits per heavy atom. The number of nitrogens with zero attached hydrogens (tertiary/aromatic N) is 3. The summed E-state index contributed by atoms with van der Waals surface area (Å²) in [6, 6.07) is 10.0. The summed E-state index contributed by atoms with van der Waals surface area (Å²) in [6.45, 7) is 2.02. The lowest BCUT2D eigenvalue weighted by Gasteiger charge is -2.32. The van der Waals surface area contributed by atoms with Crippen LogP contribution in [0.5, 0.6) is 0 Å². The SMILES string of the molecule is COC(=O)CN1CCCC(Nc2cc(Nc3cccc(Br)c3)ncn2)C1. The van der Waals surface area contributed by atoms with E-state index < -0.39 is 0 Å². The third kappa shape index (κ3) is 5.40. The van der Waals surface area contributed by atoms with E-state index >= 15 is 0 Å². The molecule has 1 saturated heterocycles. The second kappa shape index (κ2) is 8.95. The van der Waals surface area contributed by atoms with Crippen molar-refractivity contribution in [3.05, 3.63) is 41.1 Å². The Morgan fingerprint density at radius 3 is 3.00 bits per heavy atom. The smallest absolute Gasteiger partial charge is 0.319 e. The molecule has 2 aromatic rings. The number of rotatable bonds is 6. The molecular formula is C18H22BrN5O2. The molecule has 1 aliphatic rings. The van der Waals surface area contributed by atoms with Crippen LogP contribution in [0.3, 0.4) is 0 Å². The van der Waals surface area contributed by atoms with Crippen LogP contribution >= 0.6 is 15.9 Å². The topological polar surface area (TPSA) is 79.4 Å². The number of carbonyl (C=O) groups excluding carboxylic acids is 1. The van der Waals surface area contributed by atoms with Gasteiger partial charge >= 0.3 is 5.97 Å². The van der Waals surface area contributed by atoms with Gasteiger partial charge in [0.25, 0.3) is 0 Å². The van der Waals surface area contributed by atoms with Gasteiger partial charge in [0.05, 0.1) is 13.7 Å². The van der Waals surface area contributed by atoms with E-state index in [9.17, 15) is 4.79 Å². The van der Waals surface area contributed by atoms with Crippen LogP contribution < -0.4 is 10.6 Å². The van der Waals surface area contributed by atoms with Crippen LogP contribution in [0, 0.1) is 0 Å². The molecule has 0 bridgehead atoms. The lowest BCUT2D eigenvalue weighted by Crippen LogP contribution is -2.44. The van der Waals surface area contributed by atoms with Crippen LogP contribution in [0.2, 0.25) is 0 Å². The summed E-state index contributed by atoms with van der Waals surface area (Å²) in [5.74, 6) is 1.29. The molecule has 7 nitrogen and oxygen atoms in total. The largest absolute Gasteiger partial charge is 0.468 e. The Bertz CT molecular complexity index is 758. The zero-order valence-electron chi connectivity index (χ0n) is 14.6. The highest BCUT2D eigenvalue weighted by Crippen LogP contribution is 2.21. The molecule has 1 aromatic heterocycles. The number of methoxy groups -OCH3 is 1. The van der Waals surface area contributed by atoms with Gasteiger partial charge in [0.15, 0.2) is 0 Å². The third-order valence-electron chi connectivity index (χ3n) is 4.20. The monoisotopic (exact) mass is 419 g/mol. The first kappa shape index (κ1) is 18.6. The van der Waals surface area contributed by atoms with Crippen molar-refractivity contribution in [3.63, 3.8) is 0 Å². The Balaban J connectivity index is 1.60. The third-order valence-corrected chi connectivity index (χ3v) is 4.70. The molecule has 26 heavy (non-hydrogen) atoms. The molecule has 0 spiro atoms. The predicted molar refractivity (Wildman–Crippen MR) is 105 cm³/mol. The molecule has 0 amide bonds. The molecule has 2 heterocycles. The van der Waals surface area contributed by atoms with E-state index in [1.807, 2.05) is 30.3 Å². The van der Waals surface area contributed by atoms with Gasteiger partial charge in [0.1, 0.15) is 18.0 Å². The highest BCUT2D eigenvalue weighted by Gasteiger charge is 2.22. The molecule has 2 N–H and O–H groups in total. The maximum atomic E-state index is 11.5. The number of carbonyl (C=O) groups is 1. The number of anilines is 3. The highest BCUT2D eigenvalue weighted by atomic mass is 79.9. The normalized spacial score (nSPS) is 17.5. The maximum Gasteiger partial charge on any atom is 0.319 e. The van der Waals surface area contributed by atoms with Crippen molar-refractivity contribution in [1.29, 1.82) is 0 Å². The molecule has 1 aliphatic heterocycles. The second-order valence-electron chi connectivity index (χ2n) is 6.22. The standard InChI is InChI=1S/C18H22BrN5O2/c1-26-18(25)11-24-7-3-6-15(10-24)23-17-9-16(20-12-21-17)22-14-5-2-4-13(19)8-14/h2,4-5,8-9,12,15H,3,6-7,10-11H2,1H3,(H2,20,21,22,23). The Morgan fingerprint density at radius 2 is 2.19 bits per heavy atom. The first-order chi connectivity index (χ1) is 12.6. The maximum absolute atomic E-state index is 11.5. The minimum atomic E-state index is -0.201. The van der Waals surface area contributed by atoms with E-state index in [1.165, 1.54) is 13.4 Å². The molecule has 1 unspecified atom stereocenters. The van der Waals surface area contributed by atoms with Crippen LogP contribution in [0.4, 0.5) is 17.3 Å². The van der Waals surface area contributed by atoms with Crippen molar-refractivity contribution in [3.8, 4) is 0 Å². The summed E-state index contributed by atoms with van der Waals surface area (Å²) in [7, 11) is 1.42. The number of halogens is 1. The van der Waals surface area contributed by atoms with Gasteiger partial charge in [-0.15, -0.1) is 0 Å². The van der Waals surface area contributed by atoms with E-state index in [0.29, 0.717) is 6.54 Å². The van der Waals surface area contributed by atoms with Gasteiger partial charge in [-0.25, -0.2) is 9.97 Å². The van der Waals surface area contributed by atoms with Crippen LogP contribution in [0.15, 0.2) is 41.1 Å². The number of aromatic nitrogens is 2. The van der Waals surface area contributed by atoms with Crippen molar-refractivity contribution in [1.82, 2.24) is 14.9 Å². The van der Waals surface area contributed by atoms with E-state index in [1.54, 1.807) is 0 Å². The zero-order chi connectivity index (χ0) is 18.4. The summed E-state index contributed by atoms with van der Waals surface area (Å²) in [5.41, 5.74) is 0.950. The fraction of sp³-hybridized carbons (Fsp3) is 0.389. The molecular weight excluding hydrogens is 398 g/mol. The lowest BCUT2D eigenvalue weighted by molar-refractivity contribution is -0.142.